The highest BCUT2D eigenvalue weighted by Crippen LogP contribution is 2.19. The monoisotopic (exact) mass is 265 g/mol. The van der Waals surface area contributed by atoms with Crippen molar-refractivity contribution in [2.45, 2.75) is 26.3 Å². The number of rotatable bonds is 3. The summed E-state index contributed by atoms with van der Waals surface area (Å²) in [6, 6.07) is 5.56. The number of aryl methyl sites for hydroxylation is 1. The molecule has 96 valence electrons. The zero-order valence-corrected chi connectivity index (χ0v) is 11.5. The number of benzene rings is 1. The molecule has 0 aliphatic carbocycles. The van der Waals surface area contributed by atoms with Crippen LogP contribution in [-0.2, 0) is 7.05 Å². The van der Waals surface area contributed by atoms with Crippen molar-refractivity contribution in [3.8, 4) is 0 Å². The second kappa shape index (κ2) is 4.98. The lowest BCUT2D eigenvalue weighted by Gasteiger charge is -2.11. The van der Waals surface area contributed by atoms with E-state index in [-0.39, 0.29) is 11.9 Å². The molecule has 0 bridgehead atoms. The average Bonchev–Trinajstić information content (AvgIpc) is 2.64. The van der Waals surface area contributed by atoms with E-state index in [0.29, 0.717) is 10.8 Å². The first kappa shape index (κ1) is 12.9. The molecule has 5 heteroatoms. The summed E-state index contributed by atoms with van der Waals surface area (Å²) >= 11 is 5.94. The van der Waals surface area contributed by atoms with Gasteiger partial charge in [-0.2, -0.15) is 0 Å². The minimum absolute atomic E-state index is 0.0661. The highest BCUT2D eigenvalue weighted by Gasteiger charge is 2.12. The molecule has 2 rings (SSSR count). The smallest absolute Gasteiger partial charge is 0.251 e. The molecule has 18 heavy (non-hydrogen) atoms. The third kappa shape index (κ3) is 2.34. The van der Waals surface area contributed by atoms with E-state index < -0.39 is 0 Å². The molecule has 0 spiro atoms. The van der Waals surface area contributed by atoms with Gasteiger partial charge in [-0.15, -0.1) is 0 Å². The summed E-state index contributed by atoms with van der Waals surface area (Å²) in [5.74, 6) is -0.0661. The molecule has 1 atom stereocenters. The molecule has 1 aromatic heterocycles. The summed E-state index contributed by atoms with van der Waals surface area (Å²) in [5.41, 5.74) is 2.28. The number of carbonyl (C=O) groups excluding carboxylic acids is 1. The van der Waals surface area contributed by atoms with Gasteiger partial charge in [0.2, 0.25) is 5.28 Å². The fraction of sp³-hybridized carbons (Fsp3) is 0.385. The number of aromatic nitrogens is 2. The molecule has 1 heterocycles. The summed E-state index contributed by atoms with van der Waals surface area (Å²) < 4.78 is 1.76. The predicted molar refractivity (Wildman–Crippen MR) is 72.9 cm³/mol. The number of hydrogen-bond acceptors (Lipinski definition) is 2. The number of amides is 1. The van der Waals surface area contributed by atoms with Crippen LogP contribution in [0.15, 0.2) is 18.2 Å². The Bertz CT molecular complexity index is 591. The van der Waals surface area contributed by atoms with Crippen molar-refractivity contribution in [1.29, 1.82) is 0 Å². The Morgan fingerprint density at radius 3 is 2.94 bits per heavy atom. The van der Waals surface area contributed by atoms with Crippen molar-refractivity contribution in [2.24, 2.45) is 7.05 Å². The summed E-state index contributed by atoms with van der Waals surface area (Å²) in [6.07, 6.45) is 0.908. The second-order valence-electron chi connectivity index (χ2n) is 4.43. The van der Waals surface area contributed by atoms with E-state index in [0.717, 1.165) is 17.5 Å². The fourth-order valence-corrected chi connectivity index (χ4v) is 1.89. The largest absolute Gasteiger partial charge is 0.350 e. The lowest BCUT2D eigenvalue weighted by molar-refractivity contribution is 0.0939. The Kier molecular flexibility index (Phi) is 3.57. The van der Waals surface area contributed by atoms with Crippen LogP contribution in [0.25, 0.3) is 11.0 Å². The molecule has 0 radical (unpaired) electrons. The van der Waals surface area contributed by atoms with Crippen LogP contribution >= 0.6 is 11.6 Å². The van der Waals surface area contributed by atoms with Gasteiger partial charge in [-0.25, -0.2) is 4.98 Å². The SMILES string of the molecule is CC[C@H](C)NC(=O)c1ccc2nc(Cl)n(C)c2c1. The lowest BCUT2D eigenvalue weighted by atomic mass is 10.1. The highest BCUT2D eigenvalue weighted by molar-refractivity contribution is 6.29. The van der Waals surface area contributed by atoms with Crippen molar-refractivity contribution in [2.75, 3.05) is 0 Å². The van der Waals surface area contributed by atoms with Gasteiger partial charge in [-0.05, 0) is 43.1 Å². The summed E-state index contributed by atoms with van der Waals surface area (Å²) in [6.45, 7) is 4.02. The van der Waals surface area contributed by atoms with E-state index in [1.165, 1.54) is 0 Å². The molecule has 0 fully saturated rings. The summed E-state index contributed by atoms with van der Waals surface area (Å²) in [4.78, 5) is 16.2. The van der Waals surface area contributed by atoms with Gasteiger partial charge >= 0.3 is 0 Å². The number of carbonyl (C=O) groups is 1. The molecule has 0 aliphatic rings. The minimum atomic E-state index is -0.0661. The predicted octanol–water partition coefficient (Wildman–Crippen LogP) is 2.76. The Labute approximate surface area is 111 Å². The quantitative estimate of drug-likeness (QED) is 0.928. The van der Waals surface area contributed by atoms with Gasteiger partial charge in [-0.3, -0.25) is 4.79 Å². The lowest BCUT2D eigenvalue weighted by Crippen LogP contribution is -2.31. The number of nitrogens with zero attached hydrogens (tertiary/aromatic N) is 2. The van der Waals surface area contributed by atoms with E-state index in [1.54, 1.807) is 10.6 Å². The van der Waals surface area contributed by atoms with Crippen LogP contribution in [0.1, 0.15) is 30.6 Å². The zero-order valence-electron chi connectivity index (χ0n) is 10.7. The summed E-state index contributed by atoms with van der Waals surface area (Å²) in [7, 11) is 1.83. The zero-order chi connectivity index (χ0) is 13.3. The second-order valence-corrected chi connectivity index (χ2v) is 4.76. The Morgan fingerprint density at radius 1 is 1.56 bits per heavy atom. The first-order valence-electron chi connectivity index (χ1n) is 5.95. The molecule has 4 nitrogen and oxygen atoms in total. The van der Waals surface area contributed by atoms with Gasteiger partial charge in [0.1, 0.15) is 0 Å². The number of imidazole rings is 1. The average molecular weight is 266 g/mol. The van der Waals surface area contributed by atoms with Crippen LogP contribution in [0.2, 0.25) is 5.28 Å². The molecular formula is C13H16ClN3O. The number of nitrogens with one attached hydrogen (secondary N) is 1. The molecule has 1 amide bonds. The van der Waals surface area contributed by atoms with Crippen LogP contribution in [0.5, 0.6) is 0 Å². The van der Waals surface area contributed by atoms with Gasteiger partial charge in [-0.1, -0.05) is 6.92 Å². The first-order chi connectivity index (χ1) is 8.52. The maximum atomic E-state index is 12.0. The normalized spacial score (nSPS) is 12.7. The molecule has 0 saturated carbocycles. The van der Waals surface area contributed by atoms with Crippen LogP contribution in [0.4, 0.5) is 0 Å². The van der Waals surface area contributed by atoms with Gasteiger partial charge in [0.05, 0.1) is 11.0 Å². The Morgan fingerprint density at radius 2 is 2.28 bits per heavy atom. The molecule has 2 aromatic rings. The van der Waals surface area contributed by atoms with Crippen molar-refractivity contribution in [1.82, 2.24) is 14.9 Å². The standard InChI is InChI=1S/C13H16ClN3O/c1-4-8(2)15-12(18)9-5-6-10-11(7-9)17(3)13(14)16-10/h5-8H,4H2,1-3H3,(H,15,18)/t8-/m0/s1. The molecule has 0 saturated heterocycles. The third-order valence-corrected chi connectivity index (χ3v) is 3.42. The van der Waals surface area contributed by atoms with E-state index in [4.69, 9.17) is 11.6 Å². The van der Waals surface area contributed by atoms with Gasteiger partial charge in [0.25, 0.3) is 5.91 Å². The highest BCUT2D eigenvalue weighted by atomic mass is 35.5. The number of halogens is 1. The van der Waals surface area contributed by atoms with Gasteiger partial charge in [0, 0.05) is 18.7 Å². The topological polar surface area (TPSA) is 46.9 Å². The number of fused-ring (bicyclic) bond motifs is 1. The molecule has 1 aromatic carbocycles. The van der Waals surface area contributed by atoms with E-state index >= 15 is 0 Å². The maximum Gasteiger partial charge on any atom is 0.251 e. The van der Waals surface area contributed by atoms with Crippen molar-refractivity contribution >= 4 is 28.5 Å². The van der Waals surface area contributed by atoms with E-state index in [2.05, 4.69) is 10.3 Å². The molecule has 1 N–H and O–H groups in total. The minimum Gasteiger partial charge on any atom is -0.350 e. The van der Waals surface area contributed by atoms with Crippen molar-refractivity contribution in [3.05, 3.63) is 29.0 Å². The third-order valence-electron chi connectivity index (χ3n) is 3.08. The molecule has 0 aliphatic heterocycles. The number of hydrogen-bond donors (Lipinski definition) is 1. The molecular weight excluding hydrogens is 250 g/mol. The summed E-state index contributed by atoms with van der Waals surface area (Å²) in [5, 5.41) is 3.36. The van der Waals surface area contributed by atoms with Crippen molar-refractivity contribution < 1.29 is 4.79 Å². The van der Waals surface area contributed by atoms with Crippen LogP contribution in [0, 0.1) is 0 Å². The fourth-order valence-electron chi connectivity index (χ4n) is 1.71. The maximum absolute atomic E-state index is 12.0. The Balaban J connectivity index is 2.35. The van der Waals surface area contributed by atoms with Crippen LogP contribution in [0.3, 0.4) is 0 Å². The van der Waals surface area contributed by atoms with Gasteiger partial charge < -0.3 is 9.88 Å². The van der Waals surface area contributed by atoms with E-state index in [1.807, 2.05) is 33.0 Å². The van der Waals surface area contributed by atoms with Crippen LogP contribution in [-0.4, -0.2) is 21.5 Å². The van der Waals surface area contributed by atoms with E-state index in [9.17, 15) is 4.79 Å². The van der Waals surface area contributed by atoms with Crippen LogP contribution < -0.4 is 5.32 Å². The Hall–Kier alpha value is -1.55. The first-order valence-corrected chi connectivity index (χ1v) is 6.33. The molecule has 0 unspecified atom stereocenters. The van der Waals surface area contributed by atoms with Crippen molar-refractivity contribution in [3.63, 3.8) is 0 Å². The van der Waals surface area contributed by atoms with Gasteiger partial charge in [0.15, 0.2) is 0 Å².